The van der Waals surface area contributed by atoms with Gasteiger partial charge in [-0.25, -0.2) is 0 Å². The normalized spacial score (nSPS) is 22.1. The molecule has 5 heteroatoms. The summed E-state index contributed by atoms with van der Waals surface area (Å²) < 4.78 is 0. The van der Waals surface area contributed by atoms with Crippen molar-refractivity contribution in [3.63, 3.8) is 0 Å². The van der Waals surface area contributed by atoms with Gasteiger partial charge in [-0.05, 0) is 25.5 Å². The van der Waals surface area contributed by atoms with Crippen LogP contribution in [0.1, 0.15) is 34.9 Å². The summed E-state index contributed by atoms with van der Waals surface area (Å²) in [6, 6.07) is 1.75. The van der Waals surface area contributed by atoms with E-state index in [0.717, 1.165) is 31.6 Å². The van der Waals surface area contributed by atoms with Crippen molar-refractivity contribution in [2.45, 2.75) is 18.8 Å². The van der Waals surface area contributed by atoms with Gasteiger partial charge in [0.2, 0.25) is 0 Å². The number of hydrogen-bond acceptors (Lipinski definition) is 3. The van der Waals surface area contributed by atoms with Crippen molar-refractivity contribution in [1.82, 2.24) is 15.5 Å². The zero-order valence-electron chi connectivity index (χ0n) is 7.92. The summed E-state index contributed by atoms with van der Waals surface area (Å²) in [6.45, 7) is 2.02. The van der Waals surface area contributed by atoms with E-state index in [1.165, 1.54) is 0 Å². The zero-order chi connectivity index (χ0) is 9.97. The Hall–Kier alpha value is -1.36. The highest BCUT2D eigenvalue weighted by Gasteiger charge is 2.18. The second kappa shape index (κ2) is 3.79. The predicted molar refractivity (Wildman–Crippen MR) is 52.0 cm³/mol. The molecule has 0 radical (unpaired) electrons. The van der Waals surface area contributed by atoms with Crippen LogP contribution < -0.4 is 11.1 Å². The smallest absolute Gasteiger partial charge is 0.269 e. The van der Waals surface area contributed by atoms with E-state index in [1.54, 1.807) is 6.07 Å². The number of nitrogens with zero attached hydrogens (tertiary/aromatic N) is 1. The first kappa shape index (κ1) is 9.21. The van der Waals surface area contributed by atoms with Gasteiger partial charge in [0.15, 0.2) is 0 Å². The second-order valence-electron chi connectivity index (χ2n) is 3.62. The first-order valence-corrected chi connectivity index (χ1v) is 4.83. The summed E-state index contributed by atoms with van der Waals surface area (Å²) in [4.78, 5) is 10.8. The Morgan fingerprint density at radius 2 is 2.50 bits per heavy atom. The van der Waals surface area contributed by atoms with Gasteiger partial charge in [0.25, 0.3) is 5.91 Å². The number of nitrogens with one attached hydrogen (secondary N) is 2. The summed E-state index contributed by atoms with van der Waals surface area (Å²) >= 11 is 0. The van der Waals surface area contributed by atoms with Gasteiger partial charge < -0.3 is 11.1 Å². The lowest BCUT2D eigenvalue weighted by Gasteiger charge is -2.20. The number of primary amides is 1. The minimum atomic E-state index is -0.476. The van der Waals surface area contributed by atoms with E-state index in [1.807, 2.05) is 0 Å². The van der Waals surface area contributed by atoms with Crippen LogP contribution in [0.25, 0.3) is 0 Å². The Morgan fingerprint density at radius 1 is 1.64 bits per heavy atom. The molecular formula is C9H14N4O. The van der Waals surface area contributed by atoms with Crippen molar-refractivity contribution in [3.8, 4) is 0 Å². The third-order valence-electron chi connectivity index (χ3n) is 2.59. The quantitative estimate of drug-likeness (QED) is 0.618. The summed E-state index contributed by atoms with van der Waals surface area (Å²) in [7, 11) is 0. The van der Waals surface area contributed by atoms with Crippen LogP contribution in [-0.4, -0.2) is 29.2 Å². The molecule has 1 aromatic rings. The van der Waals surface area contributed by atoms with E-state index in [-0.39, 0.29) is 0 Å². The van der Waals surface area contributed by atoms with E-state index < -0.39 is 5.91 Å². The average molecular weight is 194 g/mol. The fourth-order valence-electron chi connectivity index (χ4n) is 1.79. The van der Waals surface area contributed by atoms with Gasteiger partial charge in [0.05, 0.1) is 0 Å². The second-order valence-corrected chi connectivity index (χ2v) is 3.62. The molecule has 5 nitrogen and oxygen atoms in total. The maximum atomic E-state index is 10.8. The molecule has 1 aliphatic rings. The largest absolute Gasteiger partial charge is 0.364 e. The third-order valence-corrected chi connectivity index (χ3v) is 2.59. The summed E-state index contributed by atoms with van der Waals surface area (Å²) in [5, 5.41) is 10.0. The Labute approximate surface area is 82.1 Å². The zero-order valence-corrected chi connectivity index (χ0v) is 7.92. The summed E-state index contributed by atoms with van der Waals surface area (Å²) in [5.74, 6) is -0.0411. The SMILES string of the molecule is NC(=O)c1cc(C2CCCNC2)[nH]n1. The van der Waals surface area contributed by atoms with Crippen molar-refractivity contribution in [1.29, 1.82) is 0 Å². The fourth-order valence-corrected chi connectivity index (χ4v) is 1.79. The van der Waals surface area contributed by atoms with Gasteiger partial charge in [-0.15, -0.1) is 0 Å². The topological polar surface area (TPSA) is 83.8 Å². The molecule has 1 aromatic heterocycles. The van der Waals surface area contributed by atoms with Crippen LogP contribution in [0.4, 0.5) is 0 Å². The molecule has 2 heterocycles. The number of carbonyl (C=O) groups is 1. The van der Waals surface area contributed by atoms with Crippen LogP contribution in [0, 0.1) is 0 Å². The first-order valence-electron chi connectivity index (χ1n) is 4.83. The van der Waals surface area contributed by atoms with Gasteiger partial charge in [-0.2, -0.15) is 5.10 Å². The van der Waals surface area contributed by atoms with Crippen molar-refractivity contribution >= 4 is 5.91 Å². The molecule has 1 atom stereocenters. The first-order chi connectivity index (χ1) is 6.77. The van der Waals surface area contributed by atoms with Crippen LogP contribution in [0.3, 0.4) is 0 Å². The van der Waals surface area contributed by atoms with Crippen LogP contribution in [0.15, 0.2) is 6.07 Å². The molecule has 0 bridgehead atoms. The van der Waals surface area contributed by atoms with Crippen molar-refractivity contribution in [2.75, 3.05) is 13.1 Å². The lowest BCUT2D eigenvalue weighted by atomic mass is 9.96. The monoisotopic (exact) mass is 194 g/mol. The molecule has 14 heavy (non-hydrogen) atoms. The lowest BCUT2D eigenvalue weighted by Crippen LogP contribution is -2.28. The highest BCUT2D eigenvalue weighted by Crippen LogP contribution is 2.21. The van der Waals surface area contributed by atoms with Crippen LogP contribution in [0.2, 0.25) is 0 Å². The van der Waals surface area contributed by atoms with Gasteiger partial charge in [0, 0.05) is 18.2 Å². The van der Waals surface area contributed by atoms with E-state index in [9.17, 15) is 4.79 Å². The third kappa shape index (κ3) is 1.77. The summed E-state index contributed by atoms with van der Waals surface area (Å²) in [6.07, 6.45) is 2.29. The summed E-state index contributed by atoms with van der Waals surface area (Å²) in [5.41, 5.74) is 6.45. The molecule has 0 aromatic carbocycles. The van der Waals surface area contributed by atoms with Crippen molar-refractivity contribution in [2.24, 2.45) is 5.73 Å². The Morgan fingerprint density at radius 3 is 3.07 bits per heavy atom. The van der Waals surface area contributed by atoms with Crippen LogP contribution in [0.5, 0.6) is 0 Å². The number of nitrogens with two attached hydrogens (primary N) is 1. The van der Waals surface area contributed by atoms with E-state index in [4.69, 9.17) is 5.73 Å². The minimum Gasteiger partial charge on any atom is -0.364 e. The van der Waals surface area contributed by atoms with Gasteiger partial charge in [0.1, 0.15) is 5.69 Å². The van der Waals surface area contributed by atoms with Gasteiger partial charge in [-0.1, -0.05) is 0 Å². The average Bonchev–Trinajstić information content (AvgIpc) is 2.68. The van der Waals surface area contributed by atoms with Crippen LogP contribution >= 0.6 is 0 Å². The molecule has 1 aliphatic heterocycles. The number of aromatic amines is 1. The highest BCUT2D eigenvalue weighted by atomic mass is 16.1. The van der Waals surface area contributed by atoms with Gasteiger partial charge in [-0.3, -0.25) is 9.89 Å². The van der Waals surface area contributed by atoms with Crippen LogP contribution in [-0.2, 0) is 0 Å². The number of H-pyrrole nitrogens is 1. The number of rotatable bonds is 2. The minimum absolute atomic E-state index is 0.325. The molecule has 1 unspecified atom stereocenters. The Balaban J connectivity index is 2.11. The number of carbonyl (C=O) groups excluding carboxylic acids is 1. The number of amides is 1. The van der Waals surface area contributed by atoms with Crippen molar-refractivity contribution in [3.05, 3.63) is 17.5 Å². The van der Waals surface area contributed by atoms with Gasteiger partial charge >= 0.3 is 0 Å². The fraction of sp³-hybridized carbons (Fsp3) is 0.556. The number of aromatic nitrogens is 2. The molecular weight excluding hydrogens is 180 g/mol. The highest BCUT2D eigenvalue weighted by molar-refractivity contribution is 5.90. The maximum Gasteiger partial charge on any atom is 0.269 e. The molecule has 0 saturated carbocycles. The number of piperidine rings is 1. The Kier molecular flexibility index (Phi) is 2.49. The van der Waals surface area contributed by atoms with Crippen molar-refractivity contribution < 1.29 is 4.79 Å². The van der Waals surface area contributed by atoms with E-state index in [0.29, 0.717) is 11.6 Å². The maximum absolute atomic E-state index is 10.8. The molecule has 0 aliphatic carbocycles. The molecule has 1 fully saturated rings. The Bertz CT molecular complexity index is 327. The predicted octanol–water partition coefficient (Wildman–Crippen LogP) is -0.0244. The molecule has 1 amide bonds. The van der Waals surface area contributed by atoms with E-state index >= 15 is 0 Å². The molecule has 1 saturated heterocycles. The lowest BCUT2D eigenvalue weighted by molar-refractivity contribution is 0.0995. The standard InChI is InChI=1S/C9H14N4O/c10-9(14)8-4-7(12-13-8)6-2-1-3-11-5-6/h4,6,11H,1-3,5H2,(H2,10,14)(H,12,13). The molecule has 2 rings (SSSR count). The molecule has 76 valence electrons. The molecule has 0 spiro atoms. The molecule has 4 N–H and O–H groups in total. The van der Waals surface area contributed by atoms with E-state index in [2.05, 4.69) is 15.5 Å². The number of hydrogen-bond donors (Lipinski definition) is 3.